The molecule has 0 bridgehead atoms. The first-order valence-corrected chi connectivity index (χ1v) is 21.1. The number of pyridine rings is 1. The first-order chi connectivity index (χ1) is 30.5. The minimum absolute atomic E-state index is 0.0538. The summed E-state index contributed by atoms with van der Waals surface area (Å²) in [6.45, 7) is 0. The van der Waals surface area contributed by atoms with Crippen molar-refractivity contribution in [2.45, 2.75) is 30.4 Å². The number of hydrazine groups is 1. The highest BCUT2D eigenvalue weighted by molar-refractivity contribution is 6.33. The molecule has 6 atom stereocenters. The number of amides is 4. The summed E-state index contributed by atoms with van der Waals surface area (Å²) < 4.78 is 40.7. The van der Waals surface area contributed by atoms with E-state index in [0.717, 1.165) is 10.6 Å². The van der Waals surface area contributed by atoms with Crippen LogP contribution >= 0.6 is 34.8 Å². The maximum Gasteiger partial charge on any atom is 0.417 e. The van der Waals surface area contributed by atoms with Crippen molar-refractivity contribution >= 4 is 87.0 Å². The molecule has 1 saturated carbocycles. The Morgan fingerprint density at radius 2 is 1.47 bits per heavy atom. The van der Waals surface area contributed by atoms with E-state index in [1.807, 2.05) is 49.3 Å². The van der Waals surface area contributed by atoms with Crippen LogP contribution < -0.4 is 15.2 Å². The fraction of sp³-hybridized carbons (Fsp3) is 0.239. The van der Waals surface area contributed by atoms with Crippen molar-refractivity contribution < 1.29 is 37.5 Å². The van der Waals surface area contributed by atoms with E-state index in [1.54, 1.807) is 54.6 Å². The number of aromatic nitrogens is 1. The van der Waals surface area contributed by atoms with E-state index in [0.29, 0.717) is 56.1 Å². The molecule has 1 aromatic heterocycles. The van der Waals surface area contributed by atoms with Crippen LogP contribution in [0.25, 0.3) is 0 Å². The number of phenols is 1. The lowest BCUT2D eigenvalue weighted by molar-refractivity contribution is -0.139. The van der Waals surface area contributed by atoms with Crippen LogP contribution in [0.1, 0.15) is 35.4 Å². The van der Waals surface area contributed by atoms with Crippen LogP contribution in [0.2, 0.25) is 15.1 Å². The van der Waals surface area contributed by atoms with Crippen LogP contribution in [0, 0.1) is 23.7 Å². The Bertz CT molecular complexity index is 2810. The minimum atomic E-state index is -4.77. The Kier molecular flexibility index (Phi) is 10.8. The fourth-order valence-corrected chi connectivity index (χ4v) is 10.4. The van der Waals surface area contributed by atoms with Crippen LogP contribution in [-0.4, -0.2) is 52.8 Å². The van der Waals surface area contributed by atoms with Gasteiger partial charge in [0.1, 0.15) is 5.75 Å². The molecular formula is C46H35Cl3F3N7O5. The highest BCUT2D eigenvalue weighted by atomic mass is 35.5. The molecule has 6 unspecified atom stereocenters. The van der Waals surface area contributed by atoms with Gasteiger partial charge in [0.25, 0.3) is 11.8 Å². The van der Waals surface area contributed by atoms with E-state index < -0.39 is 81.2 Å². The molecule has 4 aliphatic rings. The van der Waals surface area contributed by atoms with Crippen molar-refractivity contribution in [2.75, 3.05) is 29.3 Å². The Labute approximate surface area is 378 Å². The lowest BCUT2D eigenvalue weighted by Gasteiger charge is -2.50. The number of fused-ring (bicyclic) bond motifs is 4. The summed E-state index contributed by atoms with van der Waals surface area (Å²) in [5, 5.41) is 19.7. The van der Waals surface area contributed by atoms with Crippen molar-refractivity contribution in [3.63, 3.8) is 0 Å². The van der Waals surface area contributed by atoms with Crippen LogP contribution in [0.5, 0.6) is 5.75 Å². The Morgan fingerprint density at radius 1 is 0.812 bits per heavy atom. The van der Waals surface area contributed by atoms with Gasteiger partial charge >= 0.3 is 6.18 Å². The van der Waals surface area contributed by atoms with E-state index in [-0.39, 0.29) is 23.6 Å². The zero-order valence-electron chi connectivity index (χ0n) is 33.7. The number of azo groups is 1. The predicted molar refractivity (Wildman–Crippen MR) is 234 cm³/mol. The number of aromatic hydroxyl groups is 1. The van der Waals surface area contributed by atoms with Gasteiger partial charge in [0.2, 0.25) is 11.8 Å². The molecule has 2 saturated heterocycles. The van der Waals surface area contributed by atoms with Gasteiger partial charge in [0, 0.05) is 41.9 Å². The monoisotopic (exact) mass is 927 g/mol. The van der Waals surface area contributed by atoms with Gasteiger partial charge in [-0.2, -0.15) is 28.4 Å². The largest absolute Gasteiger partial charge is 0.508 e. The van der Waals surface area contributed by atoms with Gasteiger partial charge < -0.3 is 10.0 Å². The van der Waals surface area contributed by atoms with E-state index >= 15 is 4.79 Å². The number of carbonyl (C=O) groups excluding carboxylic acids is 4. The molecular weight excluding hydrogens is 894 g/mol. The highest BCUT2D eigenvalue weighted by Gasteiger charge is 2.70. The molecule has 3 fully saturated rings. The van der Waals surface area contributed by atoms with Gasteiger partial charge in [-0.1, -0.05) is 64.7 Å². The fourth-order valence-electron chi connectivity index (χ4n) is 9.73. The summed E-state index contributed by atoms with van der Waals surface area (Å²) in [6, 6.07) is 25.2. The molecule has 2 aliphatic carbocycles. The van der Waals surface area contributed by atoms with Crippen molar-refractivity contribution in [3.8, 4) is 5.75 Å². The maximum atomic E-state index is 15.4. The SMILES string of the molecule is CN(C)c1ccc(N=Nc2ccc(N3C(=O)C4CC=C5C(CC6C(=O)N(Nc7ncc(C(F)(F)F)cc7Cl)C(=O)C6(c6ccc(Cl)cc6)C5c5ccc(O)cc5Cl)C4C3=O)cc2)cc1. The summed E-state index contributed by atoms with van der Waals surface area (Å²) in [5.74, 6) is -7.98. The number of nitrogens with one attached hydrogen (secondary N) is 1. The van der Waals surface area contributed by atoms with E-state index in [1.165, 1.54) is 12.1 Å². The zero-order chi connectivity index (χ0) is 45.4. The third-order valence-corrected chi connectivity index (χ3v) is 13.5. The number of benzene rings is 4. The van der Waals surface area contributed by atoms with Crippen LogP contribution in [0.4, 0.5) is 41.7 Å². The lowest BCUT2D eigenvalue weighted by Crippen LogP contribution is -2.53. The highest BCUT2D eigenvalue weighted by Crippen LogP contribution is 2.65. The van der Waals surface area contributed by atoms with Gasteiger partial charge in [0.15, 0.2) is 5.82 Å². The summed E-state index contributed by atoms with van der Waals surface area (Å²) in [5.41, 5.74) is 3.35. The third kappa shape index (κ3) is 7.06. The molecule has 0 radical (unpaired) electrons. The average molecular weight is 929 g/mol. The second kappa shape index (κ2) is 16.1. The molecule has 0 spiro atoms. The van der Waals surface area contributed by atoms with Crippen LogP contribution in [0.3, 0.4) is 0 Å². The number of anilines is 3. The van der Waals surface area contributed by atoms with Gasteiger partial charge in [-0.15, -0.1) is 0 Å². The molecule has 18 heteroatoms. The number of alkyl halides is 3. The van der Waals surface area contributed by atoms with Crippen LogP contribution in [0.15, 0.2) is 125 Å². The normalized spacial score (nSPS) is 24.2. The summed E-state index contributed by atoms with van der Waals surface area (Å²) in [7, 11) is 3.87. The van der Waals surface area contributed by atoms with Crippen LogP contribution in [-0.2, 0) is 30.8 Å². The molecule has 5 aromatic rings. The number of phenolic OH excluding ortho intramolecular Hbond substituents is 1. The number of hydrogen-bond donors (Lipinski definition) is 2. The van der Waals surface area contributed by atoms with E-state index in [4.69, 9.17) is 34.8 Å². The third-order valence-electron chi connectivity index (χ3n) is 12.6. The molecule has 4 aromatic carbocycles. The molecule has 64 heavy (non-hydrogen) atoms. The quantitative estimate of drug-likeness (QED) is 0.0888. The molecule has 2 N–H and O–H groups in total. The standard InChI is InChI=1S/C46H35Cl3F3N7O5/c1-57(2)28-11-7-26(8-12-28)54-55-27-9-13-29(14-10-27)58-41(61)33-18-17-31-34(38(33)43(58)63)21-35-42(62)59(56-40-37(49)19-24(22-53-40)46(50,51)52)44(64)45(35,23-3-5-25(47)6-4-23)39(31)32-16-15-30(60)20-36(32)48/h3-17,19-20,22,33-35,38-39,60H,18,21H2,1-2H3,(H,53,56). The molecule has 9 rings (SSSR count). The second-order valence-corrected chi connectivity index (χ2v) is 17.5. The van der Waals surface area contributed by atoms with E-state index in [2.05, 4.69) is 20.6 Å². The summed E-state index contributed by atoms with van der Waals surface area (Å²) in [6.07, 6.45) is -2.40. The van der Waals surface area contributed by atoms with Crippen molar-refractivity contribution in [3.05, 3.63) is 147 Å². The Balaban J connectivity index is 1.11. The molecule has 2 aliphatic heterocycles. The number of nitrogens with zero attached hydrogens (tertiary/aromatic N) is 6. The average Bonchev–Trinajstić information content (AvgIpc) is 3.64. The van der Waals surface area contributed by atoms with Gasteiger partial charge in [-0.3, -0.25) is 29.5 Å². The zero-order valence-corrected chi connectivity index (χ0v) is 36.0. The second-order valence-electron chi connectivity index (χ2n) is 16.3. The lowest BCUT2D eigenvalue weighted by atomic mass is 9.49. The number of allylic oxidation sites excluding steroid dienone is 2. The summed E-state index contributed by atoms with van der Waals surface area (Å²) >= 11 is 19.6. The number of hydrogen-bond acceptors (Lipinski definition) is 10. The molecule has 4 amide bonds. The first-order valence-electron chi connectivity index (χ1n) is 20.0. The van der Waals surface area contributed by atoms with Gasteiger partial charge in [-0.25, -0.2) is 4.98 Å². The molecule has 326 valence electrons. The Hall–Kier alpha value is -6.29. The van der Waals surface area contributed by atoms with Crippen molar-refractivity contribution in [1.29, 1.82) is 0 Å². The number of imide groups is 2. The van der Waals surface area contributed by atoms with Crippen molar-refractivity contribution in [2.24, 2.45) is 33.9 Å². The van der Waals surface area contributed by atoms with Crippen molar-refractivity contribution in [1.82, 2.24) is 9.99 Å². The number of rotatable bonds is 8. The number of carbonyl (C=O) groups is 4. The van der Waals surface area contributed by atoms with Gasteiger partial charge in [-0.05, 0) is 109 Å². The number of halogens is 6. The molecule has 12 nitrogen and oxygen atoms in total. The summed E-state index contributed by atoms with van der Waals surface area (Å²) in [4.78, 5) is 66.4. The Morgan fingerprint density at radius 3 is 2.08 bits per heavy atom. The topological polar surface area (TPSA) is 148 Å². The predicted octanol–water partition coefficient (Wildman–Crippen LogP) is 10.4. The molecule has 3 heterocycles. The van der Waals surface area contributed by atoms with Gasteiger partial charge in [0.05, 0.1) is 50.8 Å². The smallest absolute Gasteiger partial charge is 0.417 e. The first kappa shape index (κ1) is 43.0. The minimum Gasteiger partial charge on any atom is -0.508 e. The maximum absolute atomic E-state index is 15.4. The van der Waals surface area contributed by atoms with E-state index in [9.17, 15) is 32.7 Å².